The third-order valence-electron chi connectivity index (χ3n) is 4.10. The summed E-state index contributed by atoms with van der Waals surface area (Å²) in [6.45, 7) is 5.74. The second-order valence-corrected chi connectivity index (χ2v) is 7.52. The SMILES string of the molecule is CC(=O)Nc1cccc(NC(=O)CN(C)c2nc3c(C)ccc(C)c3s2)c1. The average molecular weight is 382 g/mol. The Morgan fingerprint density at radius 2 is 1.74 bits per heavy atom. The maximum absolute atomic E-state index is 12.4. The van der Waals surface area contributed by atoms with E-state index in [1.165, 1.54) is 12.5 Å². The molecule has 0 saturated carbocycles. The topological polar surface area (TPSA) is 74.3 Å². The number of hydrogen-bond donors (Lipinski definition) is 2. The normalized spacial score (nSPS) is 10.7. The first-order valence-corrected chi connectivity index (χ1v) is 9.40. The predicted molar refractivity (Wildman–Crippen MR) is 112 cm³/mol. The van der Waals surface area contributed by atoms with Gasteiger partial charge < -0.3 is 15.5 Å². The number of nitrogens with one attached hydrogen (secondary N) is 2. The lowest BCUT2D eigenvalue weighted by Gasteiger charge is -2.15. The van der Waals surface area contributed by atoms with Crippen molar-refractivity contribution in [1.82, 2.24) is 4.98 Å². The zero-order chi connectivity index (χ0) is 19.6. The number of thiazole rings is 1. The van der Waals surface area contributed by atoms with Gasteiger partial charge in [0.2, 0.25) is 11.8 Å². The van der Waals surface area contributed by atoms with Crippen LogP contribution in [-0.2, 0) is 9.59 Å². The Morgan fingerprint density at radius 3 is 2.41 bits per heavy atom. The molecule has 0 aliphatic rings. The first-order chi connectivity index (χ1) is 12.8. The number of benzene rings is 2. The van der Waals surface area contributed by atoms with Crippen LogP contribution in [-0.4, -0.2) is 30.4 Å². The van der Waals surface area contributed by atoms with Crippen molar-refractivity contribution < 1.29 is 9.59 Å². The van der Waals surface area contributed by atoms with E-state index in [4.69, 9.17) is 4.98 Å². The van der Waals surface area contributed by atoms with Crippen molar-refractivity contribution in [3.05, 3.63) is 47.5 Å². The third-order valence-corrected chi connectivity index (χ3v) is 5.41. The number of anilines is 3. The van der Waals surface area contributed by atoms with Crippen molar-refractivity contribution >= 4 is 49.9 Å². The maximum Gasteiger partial charge on any atom is 0.243 e. The summed E-state index contributed by atoms with van der Waals surface area (Å²) in [5.74, 6) is -0.301. The van der Waals surface area contributed by atoms with Crippen molar-refractivity contribution in [1.29, 1.82) is 0 Å². The van der Waals surface area contributed by atoms with Gasteiger partial charge in [-0.2, -0.15) is 0 Å². The molecule has 0 fully saturated rings. The lowest BCUT2D eigenvalue weighted by Crippen LogP contribution is -2.29. The molecule has 0 unspecified atom stereocenters. The summed E-state index contributed by atoms with van der Waals surface area (Å²) in [5, 5.41) is 6.37. The molecule has 2 amide bonds. The molecule has 6 nitrogen and oxygen atoms in total. The monoisotopic (exact) mass is 382 g/mol. The fraction of sp³-hybridized carbons (Fsp3) is 0.250. The molecule has 2 aromatic carbocycles. The average Bonchev–Trinajstić information content (AvgIpc) is 3.05. The molecule has 140 valence electrons. The maximum atomic E-state index is 12.4. The Morgan fingerprint density at radius 1 is 1.07 bits per heavy atom. The first-order valence-electron chi connectivity index (χ1n) is 8.59. The van der Waals surface area contributed by atoms with E-state index in [0.717, 1.165) is 20.9 Å². The zero-order valence-electron chi connectivity index (χ0n) is 15.8. The lowest BCUT2D eigenvalue weighted by atomic mass is 10.1. The number of hydrogen-bond acceptors (Lipinski definition) is 5. The second-order valence-electron chi connectivity index (χ2n) is 6.54. The number of carbonyl (C=O) groups is 2. The van der Waals surface area contributed by atoms with Gasteiger partial charge in [0, 0.05) is 25.3 Å². The van der Waals surface area contributed by atoms with Gasteiger partial charge in [0.05, 0.1) is 16.8 Å². The highest BCUT2D eigenvalue weighted by Gasteiger charge is 2.14. The first kappa shape index (κ1) is 18.8. The molecule has 0 atom stereocenters. The van der Waals surface area contributed by atoms with Crippen molar-refractivity contribution in [2.24, 2.45) is 0 Å². The summed E-state index contributed by atoms with van der Waals surface area (Å²) in [7, 11) is 1.86. The predicted octanol–water partition coefficient (Wildman–Crippen LogP) is 3.95. The number of rotatable bonds is 5. The standard InChI is InChI=1S/C20H22N4O2S/c1-12-8-9-13(2)19-18(12)23-20(27-19)24(4)11-17(26)22-16-7-5-6-15(10-16)21-14(3)25/h5-10H,11H2,1-4H3,(H,21,25)(H,22,26). The summed E-state index contributed by atoms with van der Waals surface area (Å²) in [6, 6.07) is 11.2. The number of carbonyl (C=O) groups excluding carboxylic acids is 2. The molecule has 0 saturated heterocycles. The minimum Gasteiger partial charge on any atom is -0.342 e. The van der Waals surface area contributed by atoms with Crippen LogP contribution in [0.2, 0.25) is 0 Å². The fourth-order valence-electron chi connectivity index (χ4n) is 2.77. The lowest BCUT2D eigenvalue weighted by molar-refractivity contribution is -0.115. The number of amides is 2. The molecule has 0 aliphatic carbocycles. The van der Waals surface area contributed by atoms with Gasteiger partial charge in [-0.3, -0.25) is 9.59 Å². The van der Waals surface area contributed by atoms with Crippen LogP contribution in [0.5, 0.6) is 0 Å². The van der Waals surface area contributed by atoms with E-state index in [1.54, 1.807) is 35.6 Å². The zero-order valence-corrected chi connectivity index (χ0v) is 16.6. The number of likely N-dealkylation sites (N-methyl/N-ethyl adjacent to an activating group) is 1. The molecule has 0 aliphatic heterocycles. The van der Waals surface area contributed by atoms with Crippen LogP contribution in [0.1, 0.15) is 18.1 Å². The smallest absolute Gasteiger partial charge is 0.243 e. The second kappa shape index (κ2) is 7.75. The van der Waals surface area contributed by atoms with Gasteiger partial charge in [-0.05, 0) is 43.2 Å². The van der Waals surface area contributed by atoms with Gasteiger partial charge in [-0.25, -0.2) is 4.98 Å². The summed E-state index contributed by atoms with van der Waals surface area (Å²) >= 11 is 1.59. The van der Waals surface area contributed by atoms with E-state index >= 15 is 0 Å². The van der Waals surface area contributed by atoms with E-state index < -0.39 is 0 Å². The molecule has 27 heavy (non-hydrogen) atoms. The van der Waals surface area contributed by atoms with Crippen LogP contribution in [0.25, 0.3) is 10.2 Å². The molecular formula is C20H22N4O2S. The summed E-state index contributed by atoms with van der Waals surface area (Å²) in [5.41, 5.74) is 4.59. The quantitative estimate of drug-likeness (QED) is 0.701. The molecule has 3 rings (SSSR count). The van der Waals surface area contributed by atoms with Crippen molar-refractivity contribution in [3.63, 3.8) is 0 Å². The fourth-order valence-corrected chi connectivity index (χ4v) is 3.85. The van der Waals surface area contributed by atoms with Crippen molar-refractivity contribution in [2.45, 2.75) is 20.8 Å². The Balaban J connectivity index is 1.70. The summed E-state index contributed by atoms with van der Waals surface area (Å²) in [6.07, 6.45) is 0. The van der Waals surface area contributed by atoms with Gasteiger partial charge in [0.1, 0.15) is 0 Å². The molecule has 0 radical (unpaired) electrons. The minimum absolute atomic E-state index is 0.148. The number of aryl methyl sites for hydroxylation is 2. The van der Waals surface area contributed by atoms with Crippen LogP contribution in [0.3, 0.4) is 0 Å². The molecule has 2 N–H and O–H groups in total. The van der Waals surface area contributed by atoms with E-state index in [-0.39, 0.29) is 18.4 Å². The molecule has 0 spiro atoms. The van der Waals surface area contributed by atoms with E-state index in [1.807, 2.05) is 18.9 Å². The van der Waals surface area contributed by atoms with Crippen LogP contribution >= 0.6 is 11.3 Å². The van der Waals surface area contributed by atoms with E-state index in [9.17, 15) is 9.59 Å². The van der Waals surface area contributed by atoms with E-state index in [2.05, 4.69) is 29.7 Å². The highest BCUT2D eigenvalue weighted by atomic mass is 32.1. The van der Waals surface area contributed by atoms with Crippen molar-refractivity contribution in [2.75, 3.05) is 29.1 Å². The van der Waals surface area contributed by atoms with Crippen LogP contribution in [0.15, 0.2) is 36.4 Å². The summed E-state index contributed by atoms with van der Waals surface area (Å²) < 4.78 is 1.15. The number of aromatic nitrogens is 1. The molecule has 1 aromatic heterocycles. The molecule has 3 aromatic rings. The minimum atomic E-state index is -0.153. The van der Waals surface area contributed by atoms with Crippen LogP contribution in [0.4, 0.5) is 16.5 Å². The van der Waals surface area contributed by atoms with Gasteiger partial charge in [0.25, 0.3) is 0 Å². The third kappa shape index (κ3) is 4.43. The van der Waals surface area contributed by atoms with Gasteiger partial charge >= 0.3 is 0 Å². The largest absolute Gasteiger partial charge is 0.342 e. The van der Waals surface area contributed by atoms with Gasteiger partial charge in [-0.1, -0.05) is 29.5 Å². The van der Waals surface area contributed by atoms with Crippen LogP contribution in [0, 0.1) is 13.8 Å². The molecule has 0 bridgehead atoms. The number of fused-ring (bicyclic) bond motifs is 1. The van der Waals surface area contributed by atoms with Gasteiger partial charge in [0.15, 0.2) is 5.13 Å². The molecule has 7 heteroatoms. The highest BCUT2D eigenvalue weighted by molar-refractivity contribution is 7.22. The molecular weight excluding hydrogens is 360 g/mol. The van der Waals surface area contributed by atoms with Crippen LogP contribution < -0.4 is 15.5 Å². The van der Waals surface area contributed by atoms with E-state index in [0.29, 0.717) is 11.4 Å². The Hall–Kier alpha value is -2.93. The Kier molecular flexibility index (Phi) is 5.41. The highest BCUT2D eigenvalue weighted by Crippen LogP contribution is 2.32. The van der Waals surface area contributed by atoms with Gasteiger partial charge in [-0.15, -0.1) is 0 Å². The Labute approximate surface area is 162 Å². The Bertz CT molecular complexity index is 973. The van der Waals surface area contributed by atoms with Crippen molar-refractivity contribution in [3.8, 4) is 0 Å². The number of nitrogens with zero attached hydrogens (tertiary/aromatic N) is 2. The molecule has 1 heterocycles. The summed E-state index contributed by atoms with van der Waals surface area (Å²) in [4.78, 5) is 30.1.